The number of pyridine rings is 3. The highest BCUT2D eigenvalue weighted by atomic mass is 16.3. The van der Waals surface area contributed by atoms with Crippen LogP contribution in [-0.2, 0) is 18.4 Å². The maximum Gasteiger partial charge on any atom is 0.279 e. The minimum absolute atomic E-state index is 0.156. The molecule has 0 bridgehead atoms. The summed E-state index contributed by atoms with van der Waals surface area (Å²) in [6.07, 6.45) is 13.1. The van der Waals surface area contributed by atoms with Gasteiger partial charge in [0.1, 0.15) is 23.0 Å². The molecule has 6 heterocycles. The van der Waals surface area contributed by atoms with Crippen LogP contribution in [-0.4, -0.2) is 62.2 Å². The van der Waals surface area contributed by atoms with E-state index in [2.05, 4.69) is 57.2 Å². The number of aliphatic hydroxyl groups excluding tert-OH is 1. The molecule has 1 amide bonds. The third-order valence-corrected chi connectivity index (χ3v) is 9.62. The largest absolute Gasteiger partial charge is 0.392 e. The lowest BCUT2D eigenvalue weighted by Gasteiger charge is -2.35. The number of amides is 1. The Labute approximate surface area is 262 Å². The molecule has 0 spiro atoms. The monoisotopic (exact) mass is 608 g/mol. The minimum atomic E-state index is -0.336. The van der Waals surface area contributed by atoms with Gasteiger partial charge in [-0.15, -0.1) is 0 Å². The molecule has 7 rings (SSSR count). The van der Waals surface area contributed by atoms with Gasteiger partial charge in [-0.2, -0.15) is 0 Å². The van der Waals surface area contributed by atoms with Gasteiger partial charge in [0.05, 0.1) is 18.5 Å². The van der Waals surface area contributed by atoms with Crippen molar-refractivity contribution in [2.45, 2.75) is 52.3 Å². The van der Waals surface area contributed by atoms with E-state index in [9.17, 15) is 14.7 Å². The lowest BCUT2D eigenvalue weighted by molar-refractivity contribution is -0.116. The normalized spacial score (nSPS) is 23.7. The van der Waals surface area contributed by atoms with Crippen molar-refractivity contribution in [2.75, 3.05) is 34.8 Å². The number of fused-ring (bicyclic) bond motifs is 3. The van der Waals surface area contributed by atoms with Gasteiger partial charge in [0.2, 0.25) is 0 Å². The summed E-state index contributed by atoms with van der Waals surface area (Å²) in [4.78, 5) is 42.1. The van der Waals surface area contributed by atoms with Crippen molar-refractivity contribution in [3.63, 3.8) is 0 Å². The fourth-order valence-electron chi connectivity index (χ4n) is 7.44. The number of aryl methyl sites for hydroxylation is 1. The van der Waals surface area contributed by atoms with Gasteiger partial charge < -0.3 is 30.1 Å². The van der Waals surface area contributed by atoms with Gasteiger partial charge in [0.25, 0.3) is 11.5 Å². The van der Waals surface area contributed by atoms with Crippen molar-refractivity contribution in [3.05, 3.63) is 82.9 Å². The summed E-state index contributed by atoms with van der Waals surface area (Å²) in [5.74, 6) is 1.11. The van der Waals surface area contributed by atoms with E-state index in [4.69, 9.17) is 0 Å². The number of aliphatic hydroxyl groups is 1. The molecule has 11 heteroatoms. The molecule has 3 N–H and O–H groups in total. The molecule has 2 fully saturated rings. The SMILES string of the molecule is C[C@H]1CNCCN1c1ccc(Nc2cc(-c3ccnc(N4C=CN5C(=CC6CC(C)(C)CC65)C4=O)c3CO)cn(C)c2=O)nc1. The number of rotatable bonds is 6. The van der Waals surface area contributed by atoms with E-state index >= 15 is 0 Å². The van der Waals surface area contributed by atoms with Crippen LogP contribution in [0.5, 0.6) is 0 Å². The molecule has 234 valence electrons. The Balaban J connectivity index is 1.18. The van der Waals surface area contributed by atoms with Crippen molar-refractivity contribution in [3.8, 4) is 11.1 Å². The Bertz CT molecular complexity index is 1760. The summed E-state index contributed by atoms with van der Waals surface area (Å²) in [5, 5.41) is 17.2. The maximum absolute atomic E-state index is 13.8. The van der Waals surface area contributed by atoms with E-state index in [1.807, 2.05) is 24.5 Å². The number of aromatic nitrogens is 3. The highest BCUT2D eigenvalue weighted by Gasteiger charge is 2.48. The number of carbonyl (C=O) groups excluding carboxylic acids is 1. The number of carbonyl (C=O) groups is 1. The molecule has 1 aliphatic carbocycles. The molecular formula is C34H40N8O3. The maximum atomic E-state index is 13.8. The topological polar surface area (TPSA) is 119 Å². The number of nitrogens with one attached hydrogen (secondary N) is 2. The van der Waals surface area contributed by atoms with E-state index in [1.54, 1.807) is 37.8 Å². The molecule has 3 aliphatic heterocycles. The highest BCUT2D eigenvalue weighted by molar-refractivity contribution is 6.08. The predicted molar refractivity (Wildman–Crippen MR) is 175 cm³/mol. The number of nitrogens with zero attached hydrogens (tertiary/aromatic N) is 6. The average molecular weight is 609 g/mol. The van der Waals surface area contributed by atoms with Crippen LogP contribution in [0.15, 0.2) is 71.8 Å². The molecule has 4 aliphatic rings. The van der Waals surface area contributed by atoms with Crippen LogP contribution in [0.4, 0.5) is 23.0 Å². The summed E-state index contributed by atoms with van der Waals surface area (Å²) in [6, 6.07) is 8.11. The second-order valence-corrected chi connectivity index (χ2v) is 13.4. The summed E-state index contributed by atoms with van der Waals surface area (Å²) in [6.45, 7) is 9.17. The fourth-order valence-corrected chi connectivity index (χ4v) is 7.44. The average Bonchev–Trinajstić information content (AvgIpc) is 3.52. The van der Waals surface area contributed by atoms with E-state index in [-0.39, 0.29) is 23.5 Å². The Morgan fingerprint density at radius 1 is 1.13 bits per heavy atom. The number of piperazine rings is 1. The van der Waals surface area contributed by atoms with E-state index < -0.39 is 0 Å². The molecule has 0 aromatic carbocycles. The fraction of sp³-hybridized carbons (Fsp3) is 0.412. The Hall–Kier alpha value is -4.48. The first-order valence-electron chi connectivity index (χ1n) is 15.7. The van der Waals surface area contributed by atoms with Crippen LogP contribution in [0.3, 0.4) is 0 Å². The lowest BCUT2D eigenvalue weighted by atomic mass is 9.90. The summed E-state index contributed by atoms with van der Waals surface area (Å²) in [7, 11) is 1.69. The molecule has 11 nitrogen and oxygen atoms in total. The molecule has 0 radical (unpaired) electrons. The minimum Gasteiger partial charge on any atom is -0.392 e. The molecule has 3 aromatic rings. The van der Waals surface area contributed by atoms with Crippen LogP contribution in [0.2, 0.25) is 0 Å². The van der Waals surface area contributed by atoms with Gasteiger partial charge in [-0.25, -0.2) is 9.97 Å². The van der Waals surface area contributed by atoms with Gasteiger partial charge in [-0.3, -0.25) is 14.5 Å². The van der Waals surface area contributed by atoms with Crippen molar-refractivity contribution in [1.29, 1.82) is 0 Å². The molecule has 2 unspecified atom stereocenters. The molecule has 1 saturated carbocycles. The second-order valence-electron chi connectivity index (χ2n) is 13.4. The predicted octanol–water partition coefficient (Wildman–Crippen LogP) is 3.70. The first-order chi connectivity index (χ1) is 21.6. The number of hydrogen-bond acceptors (Lipinski definition) is 9. The van der Waals surface area contributed by atoms with Crippen molar-refractivity contribution in [2.24, 2.45) is 18.4 Å². The van der Waals surface area contributed by atoms with Gasteiger partial charge in [0, 0.05) is 80.6 Å². The molecule has 45 heavy (non-hydrogen) atoms. The molecule has 1 saturated heterocycles. The van der Waals surface area contributed by atoms with E-state index in [0.29, 0.717) is 57.7 Å². The Morgan fingerprint density at radius 2 is 1.98 bits per heavy atom. The van der Waals surface area contributed by atoms with Crippen LogP contribution in [0, 0.1) is 11.3 Å². The standard InChI is InChI=1S/C34H40N8O3/c1-21-17-35-9-10-40(21)24-5-6-30(37-18-24)38-27-13-23(19-39(4)32(27)44)25-7-8-36-31(26(25)20-43)42-12-11-41-28(33(42)45)14-22-15-34(2,3)16-29(22)41/h5-8,11-14,18-19,21-22,29,35,43H,9-10,15-17,20H2,1-4H3,(H,37,38)/t21-,22?,29?/m0/s1. The van der Waals surface area contributed by atoms with Gasteiger partial charge >= 0.3 is 0 Å². The van der Waals surface area contributed by atoms with Gasteiger partial charge in [-0.05, 0) is 61.1 Å². The van der Waals surface area contributed by atoms with E-state index in [1.165, 1.54) is 9.47 Å². The zero-order valence-electron chi connectivity index (χ0n) is 26.2. The summed E-state index contributed by atoms with van der Waals surface area (Å²) >= 11 is 0. The van der Waals surface area contributed by atoms with Crippen LogP contribution < -0.4 is 26.0 Å². The first kappa shape index (κ1) is 29.2. The molecule has 3 atom stereocenters. The highest BCUT2D eigenvalue weighted by Crippen LogP contribution is 2.50. The van der Waals surface area contributed by atoms with Crippen molar-refractivity contribution in [1.82, 2.24) is 24.8 Å². The molecule has 3 aromatic heterocycles. The smallest absolute Gasteiger partial charge is 0.279 e. The Kier molecular flexibility index (Phi) is 7.25. The van der Waals surface area contributed by atoms with Crippen LogP contribution in [0.1, 0.15) is 39.2 Å². The van der Waals surface area contributed by atoms with Gasteiger partial charge in [0.15, 0.2) is 0 Å². The van der Waals surface area contributed by atoms with E-state index in [0.717, 1.165) is 38.2 Å². The summed E-state index contributed by atoms with van der Waals surface area (Å²) in [5.41, 5.74) is 3.97. The third kappa shape index (κ3) is 5.19. The van der Waals surface area contributed by atoms with Crippen LogP contribution >= 0.6 is 0 Å². The second kappa shape index (κ2) is 11.1. The Morgan fingerprint density at radius 3 is 2.73 bits per heavy atom. The van der Waals surface area contributed by atoms with Gasteiger partial charge in [-0.1, -0.05) is 13.8 Å². The zero-order valence-corrected chi connectivity index (χ0v) is 26.2. The lowest BCUT2D eigenvalue weighted by Crippen LogP contribution is -2.49. The van der Waals surface area contributed by atoms with Crippen molar-refractivity contribution >= 4 is 28.9 Å². The number of hydrogen-bond donors (Lipinski definition) is 3. The number of anilines is 4. The first-order valence-corrected chi connectivity index (χ1v) is 15.7. The third-order valence-electron chi connectivity index (χ3n) is 9.62. The zero-order chi connectivity index (χ0) is 31.5. The van der Waals surface area contributed by atoms with Crippen molar-refractivity contribution < 1.29 is 9.90 Å². The quantitative estimate of drug-likeness (QED) is 0.385. The van der Waals surface area contributed by atoms with Crippen LogP contribution in [0.25, 0.3) is 11.1 Å². The molecular weight excluding hydrogens is 568 g/mol. The summed E-state index contributed by atoms with van der Waals surface area (Å²) < 4.78 is 1.50.